The molecular weight excluding hydrogens is 354 g/mol. The second-order valence-electron chi connectivity index (χ2n) is 7.25. The van der Waals surface area contributed by atoms with Crippen LogP contribution in [0, 0.1) is 0 Å². The summed E-state index contributed by atoms with van der Waals surface area (Å²) >= 11 is 0. The predicted molar refractivity (Wildman–Crippen MR) is 106 cm³/mol. The molecule has 0 aromatic heterocycles. The molecule has 146 valence electrons. The van der Waals surface area contributed by atoms with Gasteiger partial charge in [0.25, 0.3) is 5.91 Å². The predicted octanol–water partition coefficient (Wildman–Crippen LogP) is 3.86. The lowest BCUT2D eigenvalue weighted by atomic mass is 9.97. The lowest BCUT2D eigenvalue weighted by molar-refractivity contribution is -0.140. The third-order valence-corrected chi connectivity index (χ3v) is 5.24. The van der Waals surface area contributed by atoms with E-state index >= 15 is 0 Å². The first-order valence-corrected chi connectivity index (χ1v) is 9.66. The second-order valence-corrected chi connectivity index (χ2v) is 7.25. The van der Waals surface area contributed by atoms with Gasteiger partial charge in [0.1, 0.15) is 0 Å². The van der Waals surface area contributed by atoms with Crippen LogP contribution < -0.4 is 0 Å². The highest BCUT2D eigenvalue weighted by molar-refractivity contribution is 6.14. The SMILES string of the molecule is C[C@H]1CCC[C@H](C)N1C(=O)COC(=O)c1ccccc1C(=O)c1ccccc1. The van der Waals surface area contributed by atoms with Gasteiger partial charge in [0, 0.05) is 23.2 Å². The van der Waals surface area contributed by atoms with Crippen molar-refractivity contribution in [3.8, 4) is 0 Å². The van der Waals surface area contributed by atoms with E-state index in [0.717, 1.165) is 19.3 Å². The maximum Gasteiger partial charge on any atom is 0.339 e. The quantitative estimate of drug-likeness (QED) is 0.584. The van der Waals surface area contributed by atoms with Crippen molar-refractivity contribution < 1.29 is 19.1 Å². The zero-order valence-corrected chi connectivity index (χ0v) is 16.3. The van der Waals surface area contributed by atoms with Crippen LogP contribution in [-0.4, -0.2) is 41.3 Å². The number of ether oxygens (including phenoxy) is 1. The van der Waals surface area contributed by atoms with Gasteiger partial charge < -0.3 is 9.64 Å². The number of benzene rings is 2. The van der Waals surface area contributed by atoms with Gasteiger partial charge in [-0.25, -0.2) is 4.79 Å². The van der Waals surface area contributed by atoms with Crippen molar-refractivity contribution in [2.75, 3.05) is 6.61 Å². The summed E-state index contributed by atoms with van der Waals surface area (Å²) in [5, 5.41) is 0. The fourth-order valence-corrected chi connectivity index (χ4v) is 3.80. The second kappa shape index (κ2) is 8.83. The van der Waals surface area contributed by atoms with E-state index in [-0.39, 0.29) is 41.5 Å². The van der Waals surface area contributed by atoms with Crippen molar-refractivity contribution in [1.29, 1.82) is 0 Å². The minimum atomic E-state index is -0.662. The summed E-state index contributed by atoms with van der Waals surface area (Å²) in [6, 6.07) is 15.6. The molecule has 0 radical (unpaired) electrons. The van der Waals surface area contributed by atoms with E-state index in [1.807, 2.05) is 19.9 Å². The molecule has 0 saturated carbocycles. The standard InChI is InChI=1S/C23H25NO4/c1-16-9-8-10-17(2)24(16)21(25)15-28-23(27)20-14-7-6-13-19(20)22(26)18-11-4-3-5-12-18/h3-7,11-14,16-17H,8-10,15H2,1-2H3/t16-,17-/m0/s1. The number of ketones is 1. The highest BCUT2D eigenvalue weighted by atomic mass is 16.5. The topological polar surface area (TPSA) is 63.7 Å². The van der Waals surface area contributed by atoms with Crippen LogP contribution in [-0.2, 0) is 9.53 Å². The molecule has 1 amide bonds. The van der Waals surface area contributed by atoms with E-state index < -0.39 is 5.97 Å². The summed E-state index contributed by atoms with van der Waals surface area (Å²) in [4.78, 5) is 39.7. The molecule has 5 nitrogen and oxygen atoms in total. The van der Waals surface area contributed by atoms with Gasteiger partial charge in [-0.05, 0) is 39.2 Å². The van der Waals surface area contributed by atoms with E-state index in [4.69, 9.17) is 4.74 Å². The average Bonchev–Trinajstić information content (AvgIpc) is 2.72. The normalized spacial score (nSPS) is 19.1. The Morgan fingerprint density at radius 1 is 0.893 bits per heavy atom. The Bertz CT molecular complexity index is 852. The molecule has 1 fully saturated rings. The van der Waals surface area contributed by atoms with Crippen molar-refractivity contribution >= 4 is 17.7 Å². The number of amides is 1. The highest BCUT2D eigenvalue weighted by Gasteiger charge is 2.29. The summed E-state index contributed by atoms with van der Waals surface area (Å²) in [6.07, 6.45) is 3.01. The van der Waals surface area contributed by atoms with Crippen LogP contribution >= 0.6 is 0 Å². The molecule has 1 saturated heterocycles. The summed E-state index contributed by atoms with van der Waals surface area (Å²) < 4.78 is 5.28. The average molecular weight is 379 g/mol. The number of carbonyl (C=O) groups is 3. The van der Waals surface area contributed by atoms with Crippen LogP contribution in [0.15, 0.2) is 54.6 Å². The number of esters is 1. The Labute approximate surface area is 165 Å². The van der Waals surface area contributed by atoms with Gasteiger partial charge >= 0.3 is 5.97 Å². The van der Waals surface area contributed by atoms with Crippen molar-refractivity contribution in [2.45, 2.75) is 45.2 Å². The molecule has 5 heteroatoms. The molecule has 3 rings (SSSR count). The van der Waals surface area contributed by atoms with Gasteiger partial charge in [-0.15, -0.1) is 0 Å². The summed E-state index contributed by atoms with van der Waals surface area (Å²) in [5.41, 5.74) is 0.935. The molecule has 2 aromatic rings. The monoisotopic (exact) mass is 379 g/mol. The molecule has 1 aliphatic heterocycles. The Balaban J connectivity index is 1.71. The number of carbonyl (C=O) groups excluding carboxylic acids is 3. The van der Waals surface area contributed by atoms with Crippen LogP contribution in [0.5, 0.6) is 0 Å². The Kier molecular flexibility index (Phi) is 6.24. The molecule has 0 bridgehead atoms. The molecule has 0 N–H and O–H groups in total. The zero-order valence-electron chi connectivity index (χ0n) is 16.3. The lowest BCUT2D eigenvalue weighted by Crippen LogP contribution is -2.49. The van der Waals surface area contributed by atoms with Crippen molar-refractivity contribution in [3.63, 3.8) is 0 Å². The van der Waals surface area contributed by atoms with Crippen LogP contribution in [0.3, 0.4) is 0 Å². The minimum absolute atomic E-state index is 0.141. The number of hydrogen-bond donors (Lipinski definition) is 0. The molecule has 0 spiro atoms. The van der Waals surface area contributed by atoms with Gasteiger partial charge in [-0.1, -0.05) is 48.5 Å². The maximum atomic E-state index is 12.8. The van der Waals surface area contributed by atoms with Crippen molar-refractivity contribution in [1.82, 2.24) is 4.90 Å². The number of hydrogen-bond acceptors (Lipinski definition) is 4. The Morgan fingerprint density at radius 2 is 1.46 bits per heavy atom. The van der Waals surface area contributed by atoms with Gasteiger partial charge in [-0.2, -0.15) is 0 Å². The molecule has 0 aliphatic carbocycles. The number of rotatable bonds is 5. The lowest BCUT2D eigenvalue weighted by Gasteiger charge is -2.38. The molecule has 1 heterocycles. The number of likely N-dealkylation sites (tertiary alicyclic amines) is 1. The molecular formula is C23H25NO4. The fraction of sp³-hybridized carbons (Fsp3) is 0.348. The van der Waals surface area contributed by atoms with Crippen LogP contribution in [0.2, 0.25) is 0 Å². The molecule has 2 atom stereocenters. The third kappa shape index (κ3) is 4.30. The first kappa shape index (κ1) is 19.8. The number of nitrogens with zero attached hydrogens (tertiary/aromatic N) is 1. The van der Waals surface area contributed by atoms with E-state index in [1.165, 1.54) is 0 Å². The van der Waals surface area contributed by atoms with E-state index in [1.54, 1.807) is 53.4 Å². The Hall–Kier alpha value is -2.95. The van der Waals surface area contributed by atoms with Crippen molar-refractivity contribution in [2.24, 2.45) is 0 Å². The number of piperidine rings is 1. The zero-order chi connectivity index (χ0) is 20.1. The van der Waals surface area contributed by atoms with Gasteiger partial charge in [-0.3, -0.25) is 9.59 Å². The van der Waals surface area contributed by atoms with E-state index in [0.29, 0.717) is 5.56 Å². The maximum absolute atomic E-state index is 12.8. The summed E-state index contributed by atoms with van der Waals surface area (Å²) in [6.45, 7) is 3.72. The molecule has 0 unspecified atom stereocenters. The summed E-state index contributed by atoms with van der Waals surface area (Å²) in [7, 11) is 0. The van der Waals surface area contributed by atoms with Crippen LogP contribution in [0.4, 0.5) is 0 Å². The smallest absolute Gasteiger partial charge is 0.339 e. The van der Waals surface area contributed by atoms with Crippen molar-refractivity contribution in [3.05, 3.63) is 71.3 Å². The Morgan fingerprint density at radius 3 is 2.11 bits per heavy atom. The first-order valence-electron chi connectivity index (χ1n) is 9.66. The van der Waals surface area contributed by atoms with E-state index in [2.05, 4.69) is 0 Å². The van der Waals surface area contributed by atoms with Gasteiger partial charge in [0.05, 0.1) is 5.56 Å². The van der Waals surface area contributed by atoms with E-state index in [9.17, 15) is 14.4 Å². The fourth-order valence-electron chi connectivity index (χ4n) is 3.80. The minimum Gasteiger partial charge on any atom is -0.452 e. The van der Waals surface area contributed by atoms with Gasteiger partial charge in [0.2, 0.25) is 0 Å². The first-order chi connectivity index (χ1) is 13.5. The molecule has 28 heavy (non-hydrogen) atoms. The summed E-state index contributed by atoms with van der Waals surface area (Å²) in [5.74, 6) is -1.11. The largest absolute Gasteiger partial charge is 0.452 e. The third-order valence-electron chi connectivity index (χ3n) is 5.24. The van der Waals surface area contributed by atoms with Gasteiger partial charge in [0.15, 0.2) is 12.4 Å². The molecule has 2 aromatic carbocycles. The van der Waals surface area contributed by atoms with Crippen LogP contribution in [0.25, 0.3) is 0 Å². The van der Waals surface area contributed by atoms with Crippen LogP contribution in [0.1, 0.15) is 59.4 Å². The highest BCUT2D eigenvalue weighted by Crippen LogP contribution is 2.23. The molecule has 1 aliphatic rings.